The van der Waals surface area contributed by atoms with Crippen LogP contribution in [0.15, 0.2) is 35.5 Å². The number of carbonyl (C=O) groups is 1. The van der Waals surface area contributed by atoms with Gasteiger partial charge in [0.15, 0.2) is 5.16 Å². The molecule has 0 saturated heterocycles. The van der Waals surface area contributed by atoms with Crippen LogP contribution in [0.25, 0.3) is 0 Å². The molecule has 0 aliphatic rings. The number of nitrogens with zero attached hydrogens (tertiary/aromatic N) is 2. The summed E-state index contributed by atoms with van der Waals surface area (Å²) in [6, 6.07) is 9.96. The zero-order chi connectivity index (χ0) is 15.2. The van der Waals surface area contributed by atoms with Crippen molar-refractivity contribution in [2.45, 2.75) is 32.5 Å². The van der Waals surface area contributed by atoms with Crippen LogP contribution in [0.2, 0.25) is 0 Å². The fraction of sp³-hybridized carbons (Fsp3) is 0.312. The molecule has 0 unspecified atom stereocenters. The zero-order valence-corrected chi connectivity index (χ0v) is 13.3. The van der Waals surface area contributed by atoms with Crippen molar-refractivity contribution in [1.82, 2.24) is 15.3 Å². The second kappa shape index (κ2) is 7.22. The normalized spacial score (nSPS) is 10.4. The fourth-order valence-corrected chi connectivity index (χ4v) is 2.72. The smallest absolute Gasteiger partial charge is 0.230 e. The molecule has 1 amide bonds. The second-order valence-corrected chi connectivity index (χ2v) is 5.87. The molecule has 0 saturated carbocycles. The Kier molecular flexibility index (Phi) is 5.33. The Labute approximate surface area is 129 Å². The third kappa shape index (κ3) is 4.86. The van der Waals surface area contributed by atoms with E-state index in [2.05, 4.69) is 15.3 Å². The maximum Gasteiger partial charge on any atom is 0.230 e. The molecule has 0 aliphatic heterocycles. The van der Waals surface area contributed by atoms with Crippen LogP contribution in [-0.4, -0.2) is 21.6 Å². The van der Waals surface area contributed by atoms with Crippen LogP contribution < -0.4 is 5.32 Å². The number of hydrogen-bond donors (Lipinski definition) is 1. The average molecular weight is 301 g/mol. The summed E-state index contributed by atoms with van der Waals surface area (Å²) in [4.78, 5) is 20.5. The molecule has 0 bridgehead atoms. The third-order valence-electron chi connectivity index (χ3n) is 3.03. The van der Waals surface area contributed by atoms with Crippen LogP contribution in [0.1, 0.15) is 22.5 Å². The first-order chi connectivity index (χ1) is 10.0. The molecule has 21 heavy (non-hydrogen) atoms. The summed E-state index contributed by atoms with van der Waals surface area (Å²) in [5.74, 6) is 0.320. The van der Waals surface area contributed by atoms with Crippen molar-refractivity contribution in [3.05, 3.63) is 52.8 Å². The fourth-order valence-electron chi connectivity index (χ4n) is 1.94. The Morgan fingerprint density at radius 2 is 1.81 bits per heavy atom. The molecule has 0 atom stereocenters. The molecule has 0 fully saturated rings. The third-order valence-corrected chi connectivity index (χ3v) is 3.88. The van der Waals surface area contributed by atoms with Gasteiger partial charge in [0.05, 0.1) is 5.75 Å². The van der Waals surface area contributed by atoms with Gasteiger partial charge in [-0.25, -0.2) is 9.97 Å². The number of aromatic nitrogens is 2. The minimum Gasteiger partial charge on any atom is -0.351 e. The number of amides is 1. The van der Waals surface area contributed by atoms with E-state index in [1.54, 1.807) is 0 Å². The van der Waals surface area contributed by atoms with Gasteiger partial charge in [-0.1, -0.05) is 36.0 Å². The van der Waals surface area contributed by atoms with Crippen LogP contribution in [0, 0.1) is 20.8 Å². The van der Waals surface area contributed by atoms with Crippen molar-refractivity contribution in [2.75, 3.05) is 5.75 Å². The van der Waals surface area contributed by atoms with Crippen molar-refractivity contribution >= 4 is 17.7 Å². The monoisotopic (exact) mass is 301 g/mol. The lowest BCUT2D eigenvalue weighted by Crippen LogP contribution is -2.25. The van der Waals surface area contributed by atoms with Crippen molar-refractivity contribution in [1.29, 1.82) is 0 Å². The Morgan fingerprint density at radius 3 is 2.48 bits per heavy atom. The van der Waals surface area contributed by atoms with E-state index in [0.717, 1.165) is 17.0 Å². The number of aryl methyl sites for hydroxylation is 3. The Hall–Kier alpha value is -1.88. The van der Waals surface area contributed by atoms with Gasteiger partial charge in [0.2, 0.25) is 5.91 Å². The molecule has 0 radical (unpaired) electrons. The van der Waals surface area contributed by atoms with Gasteiger partial charge in [-0.3, -0.25) is 4.79 Å². The van der Waals surface area contributed by atoms with Gasteiger partial charge in [0, 0.05) is 17.9 Å². The molecule has 5 heteroatoms. The molecule has 1 aromatic carbocycles. The highest BCUT2D eigenvalue weighted by molar-refractivity contribution is 7.99. The summed E-state index contributed by atoms with van der Waals surface area (Å²) in [6.07, 6.45) is 0. The van der Waals surface area contributed by atoms with Crippen molar-refractivity contribution in [3.8, 4) is 0 Å². The van der Waals surface area contributed by atoms with Crippen molar-refractivity contribution < 1.29 is 4.79 Å². The number of rotatable bonds is 5. The molecular formula is C16H19N3OS. The molecule has 1 heterocycles. The quantitative estimate of drug-likeness (QED) is 0.681. The number of benzene rings is 1. The summed E-state index contributed by atoms with van der Waals surface area (Å²) >= 11 is 1.36. The number of nitrogens with one attached hydrogen (secondary N) is 1. The SMILES string of the molecule is Cc1cc(C)nc(SCC(=O)NCc2ccccc2C)n1. The van der Waals surface area contributed by atoms with Crippen LogP contribution >= 0.6 is 11.8 Å². The van der Waals surface area contributed by atoms with E-state index < -0.39 is 0 Å². The molecule has 0 spiro atoms. The predicted octanol–water partition coefficient (Wildman–Crippen LogP) is 2.81. The zero-order valence-electron chi connectivity index (χ0n) is 12.5. The standard InChI is InChI=1S/C16H19N3OS/c1-11-6-4-5-7-14(11)9-17-15(20)10-21-16-18-12(2)8-13(3)19-16/h4-8H,9-10H2,1-3H3,(H,17,20). The van der Waals surface area contributed by atoms with Gasteiger partial charge < -0.3 is 5.32 Å². The number of hydrogen-bond acceptors (Lipinski definition) is 4. The lowest BCUT2D eigenvalue weighted by molar-refractivity contribution is -0.118. The first-order valence-electron chi connectivity index (χ1n) is 6.81. The number of thioether (sulfide) groups is 1. The van der Waals surface area contributed by atoms with E-state index in [1.165, 1.54) is 17.3 Å². The lowest BCUT2D eigenvalue weighted by atomic mass is 10.1. The minimum absolute atomic E-state index is 0.00832. The van der Waals surface area contributed by atoms with Crippen molar-refractivity contribution in [2.24, 2.45) is 0 Å². The minimum atomic E-state index is -0.00832. The van der Waals surface area contributed by atoms with Gasteiger partial charge in [-0.15, -0.1) is 0 Å². The highest BCUT2D eigenvalue weighted by atomic mass is 32.2. The molecule has 2 rings (SSSR count). The number of carbonyl (C=O) groups excluding carboxylic acids is 1. The molecule has 0 aliphatic carbocycles. The first kappa shape index (κ1) is 15.5. The topological polar surface area (TPSA) is 54.9 Å². The average Bonchev–Trinajstić information content (AvgIpc) is 2.43. The van der Waals surface area contributed by atoms with E-state index in [-0.39, 0.29) is 5.91 Å². The predicted molar refractivity (Wildman–Crippen MR) is 85.3 cm³/mol. The second-order valence-electron chi connectivity index (χ2n) is 4.93. The summed E-state index contributed by atoms with van der Waals surface area (Å²) in [5.41, 5.74) is 4.16. The van der Waals surface area contributed by atoms with Crippen LogP contribution in [-0.2, 0) is 11.3 Å². The molecule has 110 valence electrons. The summed E-state index contributed by atoms with van der Waals surface area (Å²) in [7, 11) is 0. The van der Waals surface area contributed by atoms with E-state index in [4.69, 9.17) is 0 Å². The molecule has 1 N–H and O–H groups in total. The maximum atomic E-state index is 11.9. The van der Waals surface area contributed by atoms with Gasteiger partial charge in [-0.05, 0) is 38.0 Å². The van der Waals surface area contributed by atoms with Crippen LogP contribution in [0.4, 0.5) is 0 Å². The summed E-state index contributed by atoms with van der Waals surface area (Å²) < 4.78 is 0. The molecule has 1 aromatic heterocycles. The summed E-state index contributed by atoms with van der Waals surface area (Å²) in [5, 5.41) is 3.58. The van der Waals surface area contributed by atoms with Crippen LogP contribution in [0.3, 0.4) is 0 Å². The van der Waals surface area contributed by atoms with Gasteiger partial charge in [-0.2, -0.15) is 0 Å². The van der Waals surface area contributed by atoms with E-state index in [9.17, 15) is 4.79 Å². The molecular weight excluding hydrogens is 282 g/mol. The van der Waals surface area contributed by atoms with Crippen molar-refractivity contribution in [3.63, 3.8) is 0 Å². The highest BCUT2D eigenvalue weighted by Crippen LogP contribution is 2.13. The molecule has 4 nitrogen and oxygen atoms in total. The summed E-state index contributed by atoms with van der Waals surface area (Å²) in [6.45, 7) is 6.45. The van der Waals surface area contributed by atoms with Crippen LogP contribution in [0.5, 0.6) is 0 Å². The Bertz CT molecular complexity index is 623. The van der Waals surface area contributed by atoms with E-state index in [0.29, 0.717) is 17.5 Å². The maximum absolute atomic E-state index is 11.9. The Morgan fingerprint density at radius 1 is 1.14 bits per heavy atom. The lowest BCUT2D eigenvalue weighted by Gasteiger charge is -2.07. The van der Waals surface area contributed by atoms with E-state index in [1.807, 2.05) is 51.1 Å². The first-order valence-corrected chi connectivity index (χ1v) is 7.79. The Balaban J connectivity index is 1.84. The van der Waals surface area contributed by atoms with Gasteiger partial charge >= 0.3 is 0 Å². The van der Waals surface area contributed by atoms with E-state index >= 15 is 0 Å². The largest absolute Gasteiger partial charge is 0.351 e. The van der Waals surface area contributed by atoms with Gasteiger partial charge in [0.25, 0.3) is 0 Å². The van der Waals surface area contributed by atoms with Gasteiger partial charge in [0.1, 0.15) is 0 Å². The highest BCUT2D eigenvalue weighted by Gasteiger charge is 2.06. The molecule has 2 aromatic rings.